The second-order valence-electron chi connectivity index (χ2n) is 6.45. The summed E-state index contributed by atoms with van der Waals surface area (Å²) >= 11 is 10.4. The van der Waals surface area contributed by atoms with Crippen LogP contribution in [0.5, 0.6) is 17.2 Å². The zero-order valence-electron chi connectivity index (χ0n) is 15.9. The lowest BCUT2D eigenvalue weighted by Crippen LogP contribution is -2.08. The third kappa shape index (κ3) is 5.88. The lowest BCUT2D eigenvalue weighted by atomic mass is 10.2. The molecule has 0 aliphatic heterocycles. The molecule has 8 heteroatoms. The zero-order chi connectivity index (χ0) is 21.2. The van der Waals surface area contributed by atoms with Crippen LogP contribution in [0.2, 0.25) is 0 Å². The van der Waals surface area contributed by atoms with Crippen molar-refractivity contribution in [2.45, 2.75) is 20.8 Å². The molecule has 3 aromatic carbocycles. The monoisotopic (exact) mass is 602 g/mol. The van der Waals surface area contributed by atoms with E-state index in [1.807, 2.05) is 39.0 Å². The van der Waals surface area contributed by atoms with Crippen molar-refractivity contribution < 1.29 is 18.1 Å². The Bertz CT molecular complexity index is 965. The van der Waals surface area contributed by atoms with Gasteiger partial charge in [-0.25, -0.2) is 0 Å². The normalized spacial score (nSPS) is 11.2. The molecule has 0 bridgehead atoms. The van der Waals surface area contributed by atoms with Crippen LogP contribution < -0.4 is 13.6 Å². The van der Waals surface area contributed by atoms with E-state index in [2.05, 4.69) is 47.8 Å². The van der Waals surface area contributed by atoms with E-state index in [0.29, 0.717) is 17.2 Å². The summed E-state index contributed by atoms with van der Waals surface area (Å²) in [5.41, 5.74) is 3.08. The molecule has 0 heterocycles. The van der Waals surface area contributed by atoms with Crippen LogP contribution in [0.1, 0.15) is 16.7 Å². The molecule has 0 radical (unpaired) electrons. The molecule has 152 valence electrons. The van der Waals surface area contributed by atoms with Crippen LogP contribution in [0.4, 0.5) is 0 Å². The molecule has 0 N–H and O–H groups in total. The first-order chi connectivity index (χ1) is 13.6. The van der Waals surface area contributed by atoms with Gasteiger partial charge < -0.3 is 13.6 Å². The van der Waals surface area contributed by atoms with Gasteiger partial charge in [-0.3, -0.25) is 0 Å². The molecule has 0 spiro atoms. The van der Waals surface area contributed by atoms with Crippen molar-refractivity contribution in [2.75, 3.05) is 0 Å². The van der Waals surface area contributed by atoms with Gasteiger partial charge in [-0.15, -0.1) is 0 Å². The fourth-order valence-electron chi connectivity index (χ4n) is 2.33. The summed E-state index contributed by atoms with van der Waals surface area (Å²) in [6.07, 6.45) is 0. The number of phosphoric ester groups is 1. The fraction of sp³-hybridized carbons (Fsp3) is 0.143. The Morgan fingerprint density at radius 1 is 0.586 bits per heavy atom. The Hall–Kier alpha value is -1.27. The summed E-state index contributed by atoms with van der Waals surface area (Å²) < 4.78 is 33.3. The second-order valence-corrected chi connectivity index (χ2v) is 10.5. The van der Waals surface area contributed by atoms with Crippen molar-refractivity contribution in [3.8, 4) is 17.2 Å². The van der Waals surface area contributed by atoms with E-state index in [9.17, 15) is 4.57 Å². The number of rotatable bonds is 6. The number of hydrogen-bond acceptors (Lipinski definition) is 4. The van der Waals surface area contributed by atoms with Crippen molar-refractivity contribution >= 4 is 55.6 Å². The maximum Gasteiger partial charge on any atom is 0.647 e. The molecule has 0 aliphatic rings. The lowest BCUT2D eigenvalue weighted by molar-refractivity contribution is 0.298. The van der Waals surface area contributed by atoms with Gasteiger partial charge >= 0.3 is 7.82 Å². The van der Waals surface area contributed by atoms with Crippen LogP contribution in [0.15, 0.2) is 68.0 Å². The molecule has 0 aliphatic carbocycles. The molecule has 0 saturated heterocycles. The Labute approximate surface area is 195 Å². The summed E-state index contributed by atoms with van der Waals surface area (Å²) in [5.74, 6) is 1.09. The fourth-order valence-corrected chi connectivity index (χ4v) is 4.63. The Balaban J connectivity index is 1.96. The minimum Gasteiger partial charge on any atom is -0.386 e. The summed E-state index contributed by atoms with van der Waals surface area (Å²) in [7, 11) is -4.05. The molecule has 3 aromatic rings. The molecule has 4 nitrogen and oxygen atoms in total. The van der Waals surface area contributed by atoms with Gasteiger partial charge in [-0.05, 0) is 73.9 Å². The predicted octanol–water partition coefficient (Wildman–Crippen LogP) is 8.54. The van der Waals surface area contributed by atoms with Crippen molar-refractivity contribution in [1.29, 1.82) is 0 Å². The highest BCUT2D eigenvalue weighted by Crippen LogP contribution is 2.50. The molecule has 0 fully saturated rings. The van der Waals surface area contributed by atoms with Gasteiger partial charge in [0.25, 0.3) is 0 Å². The van der Waals surface area contributed by atoms with E-state index in [4.69, 9.17) is 13.6 Å². The Morgan fingerprint density at radius 2 is 0.862 bits per heavy atom. The highest BCUT2D eigenvalue weighted by molar-refractivity contribution is 9.11. The summed E-state index contributed by atoms with van der Waals surface area (Å²) in [5, 5.41) is 0. The van der Waals surface area contributed by atoms with Crippen molar-refractivity contribution in [3.63, 3.8) is 0 Å². The third-order valence-electron chi connectivity index (χ3n) is 4.08. The highest BCUT2D eigenvalue weighted by atomic mass is 79.9. The lowest BCUT2D eigenvalue weighted by Gasteiger charge is -2.20. The summed E-state index contributed by atoms with van der Waals surface area (Å²) in [6, 6.07) is 15.9. The molecule has 0 atom stereocenters. The van der Waals surface area contributed by atoms with Crippen LogP contribution in [-0.4, -0.2) is 0 Å². The van der Waals surface area contributed by atoms with Crippen molar-refractivity contribution in [1.82, 2.24) is 0 Å². The van der Waals surface area contributed by atoms with Gasteiger partial charge in [0.1, 0.15) is 17.2 Å². The van der Waals surface area contributed by atoms with Gasteiger partial charge in [-0.2, -0.15) is 4.57 Å². The van der Waals surface area contributed by atoms with Gasteiger partial charge in [-0.1, -0.05) is 66.0 Å². The molecule has 29 heavy (non-hydrogen) atoms. The van der Waals surface area contributed by atoms with E-state index >= 15 is 0 Å². The number of halogens is 3. The van der Waals surface area contributed by atoms with E-state index in [1.54, 1.807) is 36.4 Å². The zero-order valence-corrected chi connectivity index (χ0v) is 21.6. The maximum atomic E-state index is 13.6. The van der Waals surface area contributed by atoms with Gasteiger partial charge in [0, 0.05) is 13.4 Å². The first-order valence-corrected chi connectivity index (χ1v) is 12.5. The standard InChI is InChI=1S/C21H18Br3O4P/c1-13-4-7-16(10-19(13)22)26-29(25,27-17-8-5-14(2)20(23)11-17)28-18-9-6-15(3)21(24)12-18/h4-12H,1-3H3. The largest absolute Gasteiger partial charge is 0.647 e. The van der Waals surface area contributed by atoms with Gasteiger partial charge in [0.2, 0.25) is 0 Å². The quantitative estimate of drug-likeness (QED) is 0.265. The SMILES string of the molecule is Cc1ccc(OP(=O)(Oc2ccc(C)c(Br)c2)Oc2ccc(C)c(Br)c2)cc1Br. The Kier molecular flexibility index (Phi) is 7.15. The molecule has 0 unspecified atom stereocenters. The molecule has 0 saturated carbocycles. The first kappa shape index (κ1) is 22.4. The molecular weight excluding hydrogens is 587 g/mol. The van der Waals surface area contributed by atoms with Gasteiger partial charge in [0.05, 0.1) is 0 Å². The third-order valence-corrected chi connectivity index (χ3v) is 7.95. The number of aryl methyl sites for hydroxylation is 3. The van der Waals surface area contributed by atoms with E-state index in [-0.39, 0.29) is 0 Å². The average molecular weight is 605 g/mol. The molecule has 0 aromatic heterocycles. The van der Waals surface area contributed by atoms with Crippen LogP contribution >= 0.6 is 55.6 Å². The first-order valence-electron chi connectivity index (χ1n) is 8.62. The van der Waals surface area contributed by atoms with Crippen LogP contribution in [0.25, 0.3) is 0 Å². The summed E-state index contributed by atoms with van der Waals surface area (Å²) in [6.45, 7) is 5.86. The van der Waals surface area contributed by atoms with Crippen LogP contribution in [0, 0.1) is 20.8 Å². The number of hydrogen-bond donors (Lipinski definition) is 0. The second kappa shape index (κ2) is 9.25. The molecule has 0 amide bonds. The summed E-state index contributed by atoms with van der Waals surface area (Å²) in [4.78, 5) is 0. The van der Waals surface area contributed by atoms with Crippen molar-refractivity contribution in [2.24, 2.45) is 0 Å². The van der Waals surface area contributed by atoms with Gasteiger partial charge in [0.15, 0.2) is 0 Å². The van der Waals surface area contributed by atoms with E-state index in [1.165, 1.54) is 0 Å². The van der Waals surface area contributed by atoms with Crippen LogP contribution in [0.3, 0.4) is 0 Å². The molecule has 3 rings (SSSR count). The number of phosphoric acid groups is 1. The Morgan fingerprint density at radius 3 is 1.10 bits per heavy atom. The smallest absolute Gasteiger partial charge is 0.386 e. The minimum atomic E-state index is -4.05. The van der Waals surface area contributed by atoms with E-state index < -0.39 is 7.82 Å². The topological polar surface area (TPSA) is 44.8 Å². The van der Waals surface area contributed by atoms with Crippen molar-refractivity contribution in [3.05, 3.63) is 84.7 Å². The van der Waals surface area contributed by atoms with E-state index in [0.717, 1.165) is 30.1 Å². The number of benzene rings is 3. The maximum absolute atomic E-state index is 13.6. The predicted molar refractivity (Wildman–Crippen MR) is 126 cm³/mol. The minimum absolute atomic E-state index is 0.364. The highest BCUT2D eigenvalue weighted by Gasteiger charge is 2.33. The van der Waals surface area contributed by atoms with Crippen LogP contribution in [-0.2, 0) is 4.57 Å². The molecular formula is C21H18Br3O4P. The average Bonchev–Trinajstić information content (AvgIpc) is 2.64.